The molecular formula is C35H26ClN3O5S2. The van der Waals surface area contributed by atoms with Crippen LogP contribution in [0.3, 0.4) is 0 Å². The molecule has 46 heavy (non-hydrogen) atoms. The molecule has 4 aromatic carbocycles. The summed E-state index contributed by atoms with van der Waals surface area (Å²) in [6.45, 7) is 0. The number of aromatic carboxylic acids is 1. The Balaban J connectivity index is 1.31. The van der Waals surface area contributed by atoms with Crippen LogP contribution in [0.15, 0.2) is 131 Å². The van der Waals surface area contributed by atoms with Crippen molar-refractivity contribution in [2.75, 3.05) is 10.6 Å². The molecule has 11 heteroatoms. The Morgan fingerprint density at radius 1 is 0.783 bits per heavy atom. The summed E-state index contributed by atoms with van der Waals surface area (Å²) in [7, 11) is 0. The van der Waals surface area contributed by atoms with Crippen molar-refractivity contribution in [3.63, 3.8) is 0 Å². The first-order valence-corrected chi connectivity index (χ1v) is 16.0. The average molecular weight is 668 g/mol. The first-order valence-electron chi connectivity index (χ1n) is 13.8. The van der Waals surface area contributed by atoms with E-state index in [-0.39, 0.29) is 22.2 Å². The summed E-state index contributed by atoms with van der Waals surface area (Å²) in [6.07, 6.45) is 1.62. The minimum absolute atomic E-state index is 0.0689. The van der Waals surface area contributed by atoms with Crippen LogP contribution in [0.1, 0.15) is 36.4 Å². The lowest BCUT2D eigenvalue weighted by Gasteiger charge is -2.18. The van der Waals surface area contributed by atoms with Gasteiger partial charge in [0.15, 0.2) is 0 Å². The smallest absolute Gasteiger partial charge is 0.337 e. The molecule has 0 spiro atoms. The van der Waals surface area contributed by atoms with Crippen molar-refractivity contribution in [2.24, 2.45) is 0 Å². The summed E-state index contributed by atoms with van der Waals surface area (Å²) >= 11 is 8.71. The van der Waals surface area contributed by atoms with Crippen LogP contribution in [0.25, 0.3) is 6.08 Å². The molecule has 1 atom stereocenters. The van der Waals surface area contributed by atoms with Crippen molar-refractivity contribution in [1.29, 1.82) is 0 Å². The van der Waals surface area contributed by atoms with Crippen molar-refractivity contribution in [2.45, 2.75) is 10.1 Å². The summed E-state index contributed by atoms with van der Waals surface area (Å²) in [5.74, 6) is -2.46. The predicted molar refractivity (Wildman–Crippen MR) is 183 cm³/mol. The number of hydrogen-bond donors (Lipinski definition) is 4. The summed E-state index contributed by atoms with van der Waals surface area (Å²) in [6, 6.07) is 32.8. The molecule has 5 aromatic rings. The van der Waals surface area contributed by atoms with Gasteiger partial charge in [-0.3, -0.25) is 14.4 Å². The maximum absolute atomic E-state index is 13.5. The number of halogens is 1. The van der Waals surface area contributed by atoms with E-state index in [1.165, 1.54) is 35.2 Å². The van der Waals surface area contributed by atoms with Crippen LogP contribution in [0.4, 0.5) is 11.4 Å². The van der Waals surface area contributed by atoms with Gasteiger partial charge in [0.05, 0.1) is 10.6 Å². The van der Waals surface area contributed by atoms with E-state index < -0.39 is 23.0 Å². The van der Waals surface area contributed by atoms with E-state index >= 15 is 0 Å². The SMILES string of the molecule is O=C(Nc1ccc(SC(C(=O)Nc2ccc(Cl)c(C(=O)O)c2)c2ccccc2)cc1)/C(=C/c1cccs1)NC(=O)c1ccccc1. The standard InChI is InChI=1S/C35H26ClN3O5S2/c36-29-18-15-25(20-28(29)35(43)44)38-34(42)31(22-8-3-1-4-9-22)46-26-16-13-24(14-17-26)37-33(41)30(21-27-12-7-19-45-27)39-32(40)23-10-5-2-6-11-23/h1-21,31H,(H,37,41)(H,38,42)(H,39,40)(H,43,44)/b30-21-. The fraction of sp³-hybridized carbons (Fsp3) is 0.0286. The zero-order valence-electron chi connectivity index (χ0n) is 24.0. The van der Waals surface area contributed by atoms with Gasteiger partial charge < -0.3 is 21.1 Å². The maximum Gasteiger partial charge on any atom is 0.337 e. The lowest BCUT2D eigenvalue weighted by molar-refractivity contribution is -0.116. The second-order valence-corrected chi connectivity index (χ2v) is 12.3. The molecule has 1 unspecified atom stereocenters. The molecule has 1 aromatic heterocycles. The Morgan fingerprint density at radius 2 is 1.46 bits per heavy atom. The zero-order chi connectivity index (χ0) is 32.5. The van der Waals surface area contributed by atoms with Gasteiger partial charge in [0.25, 0.3) is 11.8 Å². The molecule has 0 bridgehead atoms. The first-order chi connectivity index (χ1) is 22.3. The van der Waals surface area contributed by atoms with Crippen molar-refractivity contribution in [1.82, 2.24) is 5.32 Å². The molecule has 0 fully saturated rings. The second-order valence-electron chi connectivity index (χ2n) is 9.77. The number of nitrogens with one attached hydrogen (secondary N) is 3. The number of carboxylic acids is 1. The molecule has 0 aliphatic heterocycles. The highest BCUT2D eigenvalue weighted by atomic mass is 35.5. The minimum Gasteiger partial charge on any atom is -0.478 e. The topological polar surface area (TPSA) is 125 Å². The van der Waals surface area contributed by atoms with Crippen molar-refractivity contribution >= 4 is 75.8 Å². The average Bonchev–Trinajstić information content (AvgIpc) is 3.59. The molecule has 1 heterocycles. The van der Waals surface area contributed by atoms with Crippen LogP contribution in [0.5, 0.6) is 0 Å². The van der Waals surface area contributed by atoms with Gasteiger partial charge in [0, 0.05) is 26.7 Å². The number of carbonyl (C=O) groups is 4. The Morgan fingerprint density at radius 3 is 2.11 bits per heavy atom. The minimum atomic E-state index is -1.20. The fourth-order valence-electron chi connectivity index (χ4n) is 4.28. The van der Waals surface area contributed by atoms with Crippen molar-refractivity contribution in [3.05, 3.63) is 153 Å². The highest BCUT2D eigenvalue weighted by Crippen LogP contribution is 2.37. The lowest BCUT2D eigenvalue weighted by Crippen LogP contribution is -2.30. The molecule has 0 radical (unpaired) electrons. The highest BCUT2D eigenvalue weighted by molar-refractivity contribution is 8.00. The fourth-order valence-corrected chi connectivity index (χ4v) is 6.17. The zero-order valence-corrected chi connectivity index (χ0v) is 26.4. The maximum atomic E-state index is 13.5. The Kier molecular flexibility index (Phi) is 10.7. The van der Waals surface area contributed by atoms with Gasteiger partial charge in [0.1, 0.15) is 10.9 Å². The van der Waals surface area contributed by atoms with Crippen LogP contribution in [-0.2, 0) is 9.59 Å². The molecule has 3 amide bonds. The molecule has 0 aliphatic carbocycles. The van der Waals surface area contributed by atoms with E-state index in [0.717, 1.165) is 15.3 Å². The van der Waals surface area contributed by atoms with Gasteiger partial charge >= 0.3 is 5.97 Å². The number of amides is 3. The third-order valence-electron chi connectivity index (χ3n) is 6.53. The van der Waals surface area contributed by atoms with E-state index in [4.69, 9.17) is 11.6 Å². The Labute approximate surface area is 278 Å². The number of thiophene rings is 1. The Bertz CT molecular complexity index is 1880. The third kappa shape index (κ3) is 8.51. The van der Waals surface area contributed by atoms with Crippen LogP contribution in [0, 0.1) is 0 Å². The van der Waals surface area contributed by atoms with E-state index in [9.17, 15) is 24.3 Å². The molecule has 230 valence electrons. The van der Waals surface area contributed by atoms with Gasteiger partial charge in [-0.1, -0.05) is 66.2 Å². The number of thioether (sulfide) groups is 1. The molecular weight excluding hydrogens is 642 g/mol. The van der Waals surface area contributed by atoms with Gasteiger partial charge in [-0.2, -0.15) is 0 Å². The molecule has 0 saturated heterocycles. The van der Waals surface area contributed by atoms with Crippen molar-refractivity contribution in [3.8, 4) is 0 Å². The molecule has 0 saturated carbocycles. The molecule has 8 nitrogen and oxygen atoms in total. The number of carboxylic acid groups (broad SMARTS) is 1. The summed E-state index contributed by atoms with van der Waals surface area (Å²) < 4.78 is 0. The van der Waals surface area contributed by atoms with Gasteiger partial charge in [-0.15, -0.1) is 23.1 Å². The molecule has 0 aliphatic rings. The normalized spacial score (nSPS) is 11.7. The number of benzene rings is 4. The van der Waals surface area contributed by atoms with Crippen LogP contribution in [-0.4, -0.2) is 28.8 Å². The van der Waals surface area contributed by atoms with E-state index in [0.29, 0.717) is 16.9 Å². The monoisotopic (exact) mass is 667 g/mol. The quantitative estimate of drug-likeness (QED) is 0.0836. The lowest BCUT2D eigenvalue weighted by atomic mass is 10.1. The second kappa shape index (κ2) is 15.2. The van der Waals surface area contributed by atoms with Gasteiger partial charge in [-0.25, -0.2) is 4.79 Å². The number of hydrogen-bond acceptors (Lipinski definition) is 6. The van der Waals surface area contributed by atoms with Gasteiger partial charge in [-0.05, 0) is 77.7 Å². The van der Waals surface area contributed by atoms with Gasteiger partial charge in [0.2, 0.25) is 5.91 Å². The van der Waals surface area contributed by atoms with E-state index in [1.54, 1.807) is 66.7 Å². The van der Waals surface area contributed by atoms with Crippen LogP contribution >= 0.6 is 34.7 Å². The number of rotatable bonds is 11. The van der Waals surface area contributed by atoms with Crippen molar-refractivity contribution < 1.29 is 24.3 Å². The first kappa shape index (κ1) is 32.2. The highest BCUT2D eigenvalue weighted by Gasteiger charge is 2.23. The molecule has 5 rings (SSSR count). The third-order valence-corrected chi connectivity index (χ3v) is 8.94. The van der Waals surface area contributed by atoms with E-state index in [1.807, 2.05) is 47.8 Å². The number of anilines is 2. The Hall–Kier alpha value is -5.16. The predicted octanol–water partition coefficient (Wildman–Crippen LogP) is 7.98. The largest absolute Gasteiger partial charge is 0.478 e. The molecule has 4 N–H and O–H groups in total. The summed E-state index contributed by atoms with van der Waals surface area (Å²) in [4.78, 5) is 52.7. The summed E-state index contributed by atoms with van der Waals surface area (Å²) in [5, 5.41) is 19.0. The summed E-state index contributed by atoms with van der Waals surface area (Å²) in [5.41, 5.74) is 1.93. The number of carbonyl (C=O) groups excluding carboxylic acids is 3. The van der Waals surface area contributed by atoms with Crippen LogP contribution in [0.2, 0.25) is 5.02 Å². The van der Waals surface area contributed by atoms with Crippen LogP contribution < -0.4 is 16.0 Å². The van der Waals surface area contributed by atoms with E-state index in [2.05, 4.69) is 16.0 Å².